The van der Waals surface area contributed by atoms with E-state index in [4.69, 9.17) is 39.5 Å². The van der Waals surface area contributed by atoms with Gasteiger partial charge in [0.25, 0.3) is 0 Å². The van der Waals surface area contributed by atoms with Crippen LogP contribution in [-0.2, 0) is 6.54 Å². The molecule has 1 aliphatic heterocycles. The second-order valence-corrected chi connectivity index (χ2v) is 11.9. The summed E-state index contributed by atoms with van der Waals surface area (Å²) >= 11 is 19.5. The number of likely N-dealkylation sites (tertiary alicyclic amines) is 1. The highest BCUT2D eigenvalue weighted by Crippen LogP contribution is 2.43. The Labute approximate surface area is 255 Å². The fourth-order valence-electron chi connectivity index (χ4n) is 5.51. The molecular formula is C30H27Cl3FN3O5. The summed E-state index contributed by atoms with van der Waals surface area (Å²) in [5.41, 5.74) is 0.0212. The monoisotopic (exact) mass is 633 g/mol. The lowest BCUT2D eigenvalue weighted by Crippen LogP contribution is -2.52. The van der Waals surface area contributed by atoms with Gasteiger partial charge < -0.3 is 19.3 Å². The van der Waals surface area contributed by atoms with Crippen molar-refractivity contribution in [2.24, 2.45) is 5.92 Å². The number of amides is 1. The average molecular weight is 635 g/mol. The fourth-order valence-corrected chi connectivity index (χ4v) is 6.35. The Hall–Kier alpha value is -3.53. The van der Waals surface area contributed by atoms with E-state index in [1.54, 1.807) is 13.0 Å². The number of benzene rings is 3. The number of aromatic nitrogens is 2. The zero-order chi connectivity index (χ0) is 30.6. The van der Waals surface area contributed by atoms with Crippen LogP contribution in [0.15, 0.2) is 46.0 Å². The third-order valence-corrected chi connectivity index (χ3v) is 8.52. The van der Waals surface area contributed by atoms with Gasteiger partial charge in [0.15, 0.2) is 5.82 Å². The zero-order valence-corrected chi connectivity index (χ0v) is 25.4. The van der Waals surface area contributed by atoms with Crippen LogP contribution in [-0.4, -0.2) is 45.4 Å². The number of hydrogen-bond acceptors (Lipinski definition) is 4. The van der Waals surface area contributed by atoms with E-state index in [1.165, 1.54) is 34.8 Å². The third-order valence-electron chi connectivity index (χ3n) is 7.61. The summed E-state index contributed by atoms with van der Waals surface area (Å²) < 4.78 is 24.7. The maximum absolute atomic E-state index is 17.1. The van der Waals surface area contributed by atoms with Gasteiger partial charge in [0.2, 0.25) is 0 Å². The highest BCUT2D eigenvalue weighted by atomic mass is 35.5. The Morgan fingerprint density at radius 3 is 2.38 bits per heavy atom. The first-order chi connectivity index (χ1) is 19.8. The first kappa shape index (κ1) is 29.9. The van der Waals surface area contributed by atoms with E-state index >= 15 is 4.39 Å². The van der Waals surface area contributed by atoms with Gasteiger partial charge in [-0.3, -0.25) is 14.2 Å². The van der Waals surface area contributed by atoms with Gasteiger partial charge in [-0.05, 0) is 42.2 Å². The van der Waals surface area contributed by atoms with Crippen LogP contribution in [0.2, 0.25) is 15.1 Å². The Balaban J connectivity index is 1.90. The number of hydrogen-bond donors (Lipinski definition) is 1. The Morgan fingerprint density at radius 1 is 1.07 bits per heavy atom. The summed E-state index contributed by atoms with van der Waals surface area (Å²) in [6.45, 7) is 6.03. The topological polar surface area (TPSA) is 93.8 Å². The van der Waals surface area contributed by atoms with Crippen molar-refractivity contribution < 1.29 is 19.0 Å². The van der Waals surface area contributed by atoms with Crippen molar-refractivity contribution >= 4 is 51.9 Å². The fraction of sp³-hybridized carbons (Fsp3) is 0.300. The Morgan fingerprint density at radius 2 is 1.76 bits per heavy atom. The Kier molecular flexibility index (Phi) is 8.04. The molecule has 1 fully saturated rings. The number of carboxylic acid groups (broad SMARTS) is 1. The minimum Gasteiger partial charge on any atom is -0.495 e. The molecule has 3 aromatic carbocycles. The van der Waals surface area contributed by atoms with Crippen LogP contribution in [0.5, 0.6) is 5.75 Å². The molecule has 1 aromatic heterocycles. The number of para-hydroxylation sites is 1. The molecule has 0 radical (unpaired) electrons. The molecule has 0 aliphatic carbocycles. The molecule has 1 N–H and O–H groups in total. The van der Waals surface area contributed by atoms with Crippen molar-refractivity contribution in [3.05, 3.63) is 89.1 Å². The molecule has 1 amide bonds. The molecule has 4 aromatic rings. The summed E-state index contributed by atoms with van der Waals surface area (Å²) in [5, 5.41) is 9.50. The van der Waals surface area contributed by atoms with Crippen LogP contribution in [0.25, 0.3) is 27.8 Å². The van der Waals surface area contributed by atoms with Gasteiger partial charge in [0, 0.05) is 36.7 Å². The summed E-state index contributed by atoms with van der Waals surface area (Å²) in [5.74, 6) is -0.944. The number of nitrogens with zero attached hydrogens (tertiary/aromatic N) is 3. The van der Waals surface area contributed by atoms with Gasteiger partial charge in [-0.15, -0.1) is 0 Å². The molecule has 5 rings (SSSR count). The average Bonchev–Trinajstić information content (AvgIpc) is 2.89. The maximum Gasteiger partial charge on any atom is 0.407 e. The lowest BCUT2D eigenvalue weighted by Gasteiger charge is -2.37. The van der Waals surface area contributed by atoms with Crippen molar-refractivity contribution in [1.82, 2.24) is 14.0 Å². The smallest absolute Gasteiger partial charge is 0.407 e. The zero-order valence-electron chi connectivity index (χ0n) is 23.2. The predicted octanol–water partition coefficient (Wildman–Crippen LogP) is 6.97. The molecule has 0 saturated carbocycles. The molecule has 0 unspecified atom stereocenters. The molecule has 220 valence electrons. The minimum absolute atomic E-state index is 0.00461. The normalized spacial score (nSPS) is 13.6. The van der Waals surface area contributed by atoms with E-state index in [-0.39, 0.29) is 74.4 Å². The summed E-state index contributed by atoms with van der Waals surface area (Å²) in [4.78, 5) is 40.1. The number of carbonyl (C=O) groups is 1. The molecule has 42 heavy (non-hydrogen) atoms. The van der Waals surface area contributed by atoms with E-state index in [0.29, 0.717) is 11.3 Å². The second-order valence-electron chi connectivity index (χ2n) is 10.7. The summed E-state index contributed by atoms with van der Waals surface area (Å²) in [6.07, 6.45) is -1.08. The number of ether oxygens (including phenoxy) is 1. The highest BCUT2D eigenvalue weighted by Gasteiger charge is 2.33. The molecule has 12 heteroatoms. The van der Waals surface area contributed by atoms with E-state index in [1.807, 2.05) is 26.0 Å². The maximum atomic E-state index is 17.1. The van der Waals surface area contributed by atoms with Crippen molar-refractivity contribution in [2.45, 2.75) is 33.2 Å². The molecule has 2 heterocycles. The molecule has 0 bridgehead atoms. The summed E-state index contributed by atoms with van der Waals surface area (Å²) in [6, 6.07) is 9.77. The van der Waals surface area contributed by atoms with Crippen LogP contribution in [0.4, 0.5) is 9.18 Å². The van der Waals surface area contributed by atoms with Gasteiger partial charge in [0.1, 0.15) is 11.3 Å². The number of methoxy groups -OCH3 is 1. The minimum atomic E-state index is -1.08. The highest BCUT2D eigenvalue weighted by molar-refractivity contribution is 6.39. The summed E-state index contributed by atoms with van der Waals surface area (Å²) in [7, 11) is 1.41. The van der Waals surface area contributed by atoms with E-state index in [0.717, 1.165) is 10.1 Å². The SMILES string of the molecule is COc1cc(-c2c(Cl)cc3c(c2F)n(-c2c(C)cccc2C(C)C)c(=O)c(=O)n3CC2CN(C(=O)O)C2)c(Cl)cc1Cl. The van der Waals surface area contributed by atoms with Gasteiger partial charge in [0.05, 0.1) is 33.4 Å². The number of halogens is 4. The quantitative estimate of drug-likeness (QED) is 0.231. The van der Waals surface area contributed by atoms with Crippen LogP contribution in [0.3, 0.4) is 0 Å². The number of fused-ring (bicyclic) bond motifs is 1. The predicted molar refractivity (Wildman–Crippen MR) is 163 cm³/mol. The molecule has 1 aliphatic rings. The van der Waals surface area contributed by atoms with E-state index in [2.05, 4.69) is 0 Å². The second kappa shape index (κ2) is 11.3. The molecule has 1 saturated heterocycles. The van der Waals surface area contributed by atoms with Gasteiger partial charge in [-0.1, -0.05) is 66.8 Å². The van der Waals surface area contributed by atoms with Crippen molar-refractivity contribution in [3.63, 3.8) is 0 Å². The van der Waals surface area contributed by atoms with E-state index < -0.39 is 23.0 Å². The third kappa shape index (κ3) is 4.93. The van der Waals surface area contributed by atoms with Gasteiger partial charge >= 0.3 is 17.2 Å². The lowest BCUT2D eigenvalue weighted by molar-refractivity contribution is 0.0748. The van der Waals surface area contributed by atoms with Crippen LogP contribution in [0.1, 0.15) is 30.9 Å². The van der Waals surface area contributed by atoms with Gasteiger partial charge in [-0.2, -0.15) is 0 Å². The van der Waals surface area contributed by atoms with Crippen molar-refractivity contribution in [2.75, 3.05) is 20.2 Å². The van der Waals surface area contributed by atoms with Gasteiger partial charge in [-0.25, -0.2) is 9.18 Å². The molecule has 0 atom stereocenters. The van der Waals surface area contributed by atoms with Crippen LogP contribution < -0.4 is 15.9 Å². The van der Waals surface area contributed by atoms with Crippen LogP contribution in [0, 0.1) is 18.7 Å². The van der Waals surface area contributed by atoms with Crippen LogP contribution >= 0.6 is 34.8 Å². The largest absolute Gasteiger partial charge is 0.495 e. The van der Waals surface area contributed by atoms with Crippen molar-refractivity contribution in [3.8, 4) is 22.6 Å². The first-order valence-corrected chi connectivity index (χ1v) is 14.3. The lowest BCUT2D eigenvalue weighted by atomic mass is 9.97. The first-order valence-electron chi connectivity index (χ1n) is 13.1. The van der Waals surface area contributed by atoms with Crippen molar-refractivity contribution in [1.29, 1.82) is 0 Å². The number of aryl methyl sites for hydroxylation is 1. The molecule has 8 nitrogen and oxygen atoms in total. The molecule has 0 spiro atoms. The van der Waals surface area contributed by atoms with E-state index in [9.17, 15) is 19.5 Å². The Bertz CT molecular complexity index is 1880. The standard InChI is InChI=1S/C30H27Cl3FN3O5/c1-14(2)17-7-5-6-15(3)26(17)37-27-22(36(28(38)29(37)39)13-16-11-35(12-16)30(40)41)10-21(33)24(25(27)34)18-8-23(42-4)20(32)9-19(18)31/h5-10,14,16H,11-13H2,1-4H3,(H,40,41). The molecular weight excluding hydrogens is 608 g/mol. The number of rotatable bonds is 6.